The Morgan fingerprint density at radius 3 is 2.50 bits per heavy atom. The van der Waals surface area contributed by atoms with Crippen LogP contribution in [-0.2, 0) is 6.18 Å². The fourth-order valence-corrected chi connectivity index (χ4v) is 1.88. The Labute approximate surface area is 97.9 Å². The number of imidazole rings is 1. The van der Waals surface area contributed by atoms with Crippen LogP contribution >= 0.6 is 15.9 Å². The molecule has 2 aromatic rings. The van der Waals surface area contributed by atoms with Crippen molar-refractivity contribution in [3.05, 3.63) is 47.0 Å². The molecule has 1 heterocycles. The maximum Gasteiger partial charge on any atom is 0.416 e. The molecule has 0 bridgehead atoms. The SMILES string of the molecule is FC(F)(F)c1ccc(-n2ccnc2)c(Br)c1. The van der Waals surface area contributed by atoms with E-state index in [0.717, 1.165) is 12.1 Å². The molecule has 2 nitrogen and oxygen atoms in total. The van der Waals surface area contributed by atoms with E-state index in [1.54, 1.807) is 17.0 Å². The van der Waals surface area contributed by atoms with E-state index >= 15 is 0 Å². The van der Waals surface area contributed by atoms with Crippen LogP contribution in [0.4, 0.5) is 13.2 Å². The van der Waals surface area contributed by atoms with Crippen LogP contribution in [0, 0.1) is 0 Å². The summed E-state index contributed by atoms with van der Waals surface area (Å²) < 4.78 is 39.2. The molecule has 0 aliphatic heterocycles. The third kappa shape index (κ3) is 2.11. The average molecular weight is 291 g/mol. The lowest BCUT2D eigenvalue weighted by Gasteiger charge is -2.10. The maximum atomic E-state index is 12.4. The monoisotopic (exact) mass is 290 g/mol. The van der Waals surface area contributed by atoms with Crippen LogP contribution in [0.1, 0.15) is 5.56 Å². The first-order chi connectivity index (χ1) is 7.48. The van der Waals surface area contributed by atoms with E-state index in [2.05, 4.69) is 20.9 Å². The van der Waals surface area contributed by atoms with Crippen molar-refractivity contribution in [2.45, 2.75) is 6.18 Å². The van der Waals surface area contributed by atoms with Crippen LogP contribution in [0.15, 0.2) is 41.4 Å². The minimum Gasteiger partial charge on any atom is -0.305 e. The van der Waals surface area contributed by atoms with E-state index < -0.39 is 11.7 Å². The number of rotatable bonds is 1. The molecule has 0 saturated carbocycles. The van der Waals surface area contributed by atoms with Crippen LogP contribution in [0.25, 0.3) is 5.69 Å². The molecule has 1 aromatic heterocycles. The van der Waals surface area contributed by atoms with Gasteiger partial charge in [0.25, 0.3) is 0 Å². The zero-order chi connectivity index (χ0) is 11.8. The van der Waals surface area contributed by atoms with E-state index in [4.69, 9.17) is 0 Å². The van der Waals surface area contributed by atoms with Gasteiger partial charge in [-0.1, -0.05) is 0 Å². The lowest BCUT2D eigenvalue weighted by Crippen LogP contribution is -2.05. The van der Waals surface area contributed by atoms with Crippen molar-refractivity contribution in [1.29, 1.82) is 0 Å². The summed E-state index contributed by atoms with van der Waals surface area (Å²) in [5.41, 5.74) is -0.0614. The lowest BCUT2D eigenvalue weighted by atomic mass is 10.2. The van der Waals surface area contributed by atoms with Gasteiger partial charge < -0.3 is 4.57 Å². The summed E-state index contributed by atoms with van der Waals surface area (Å²) in [6, 6.07) is 3.49. The molecule has 1 aromatic carbocycles. The van der Waals surface area contributed by atoms with Gasteiger partial charge >= 0.3 is 6.18 Å². The zero-order valence-corrected chi connectivity index (χ0v) is 9.46. The third-order valence-electron chi connectivity index (χ3n) is 2.06. The molecular formula is C10H6BrF3N2. The van der Waals surface area contributed by atoms with Crippen LogP contribution < -0.4 is 0 Å². The van der Waals surface area contributed by atoms with E-state index in [9.17, 15) is 13.2 Å². The van der Waals surface area contributed by atoms with E-state index in [1.165, 1.54) is 12.4 Å². The Balaban J connectivity index is 2.46. The average Bonchev–Trinajstić information content (AvgIpc) is 2.69. The van der Waals surface area contributed by atoms with Gasteiger partial charge in [-0.05, 0) is 34.1 Å². The van der Waals surface area contributed by atoms with E-state index in [0.29, 0.717) is 10.2 Å². The maximum absolute atomic E-state index is 12.4. The quantitative estimate of drug-likeness (QED) is 0.784. The highest BCUT2D eigenvalue weighted by molar-refractivity contribution is 9.10. The summed E-state index contributed by atoms with van der Waals surface area (Å²) in [6.45, 7) is 0. The van der Waals surface area contributed by atoms with Gasteiger partial charge in [-0.2, -0.15) is 13.2 Å². The third-order valence-corrected chi connectivity index (χ3v) is 2.69. The van der Waals surface area contributed by atoms with Crippen LogP contribution in [0.2, 0.25) is 0 Å². The molecule has 6 heteroatoms. The Morgan fingerprint density at radius 2 is 2.00 bits per heavy atom. The summed E-state index contributed by atoms with van der Waals surface area (Å²) >= 11 is 3.11. The fourth-order valence-electron chi connectivity index (χ4n) is 1.29. The van der Waals surface area contributed by atoms with Gasteiger partial charge in [0.05, 0.1) is 17.6 Å². The van der Waals surface area contributed by atoms with Crippen LogP contribution in [0.5, 0.6) is 0 Å². The largest absolute Gasteiger partial charge is 0.416 e. The molecule has 0 unspecified atom stereocenters. The molecule has 0 aliphatic rings. The molecule has 0 atom stereocenters. The summed E-state index contributed by atoms with van der Waals surface area (Å²) in [4.78, 5) is 3.83. The molecule has 16 heavy (non-hydrogen) atoms. The predicted molar refractivity (Wildman–Crippen MR) is 56.3 cm³/mol. The molecule has 0 fully saturated rings. The summed E-state index contributed by atoms with van der Waals surface area (Å²) in [7, 11) is 0. The van der Waals surface area contributed by atoms with Gasteiger partial charge in [0.2, 0.25) is 0 Å². The van der Waals surface area contributed by atoms with Crippen molar-refractivity contribution in [3.8, 4) is 5.69 Å². The molecule has 2 rings (SSSR count). The van der Waals surface area contributed by atoms with Crippen molar-refractivity contribution >= 4 is 15.9 Å². The zero-order valence-electron chi connectivity index (χ0n) is 7.87. The summed E-state index contributed by atoms with van der Waals surface area (Å²) in [5.74, 6) is 0. The Hall–Kier alpha value is -1.30. The highest BCUT2D eigenvalue weighted by Crippen LogP contribution is 2.33. The van der Waals surface area contributed by atoms with Gasteiger partial charge in [0.1, 0.15) is 0 Å². The number of hydrogen-bond donors (Lipinski definition) is 0. The van der Waals surface area contributed by atoms with Gasteiger partial charge in [-0.3, -0.25) is 0 Å². The van der Waals surface area contributed by atoms with Crippen molar-refractivity contribution in [1.82, 2.24) is 9.55 Å². The van der Waals surface area contributed by atoms with Crippen molar-refractivity contribution in [3.63, 3.8) is 0 Å². The molecule has 0 radical (unpaired) electrons. The van der Waals surface area contributed by atoms with E-state index in [-0.39, 0.29) is 0 Å². The number of halogens is 4. The molecule has 0 N–H and O–H groups in total. The van der Waals surface area contributed by atoms with Crippen LogP contribution in [0.3, 0.4) is 0 Å². The smallest absolute Gasteiger partial charge is 0.305 e. The Morgan fingerprint density at radius 1 is 1.25 bits per heavy atom. The molecule has 0 amide bonds. The van der Waals surface area contributed by atoms with Crippen molar-refractivity contribution in [2.75, 3.05) is 0 Å². The molecule has 0 aliphatic carbocycles. The summed E-state index contributed by atoms with van der Waals surface area (Å²) in [6.07, 6.45) is 0.417. The normalized spacial score (nSPS) is 11.8. The van der Waals surface area contributed by atoms with Gasteiger partial charge in [-0.15, -0.1) is 0 Å². The van der Waals surface area contributed by atoms with Gasteiger partial charge in [-0.25, -0.2) is 4.98 Å². The van der Waals surface area contributed by atoms with Gasteiger partial charge in [0.15, 0.2) is 0 Å². The molecule has 84 valence electrons. The highest BCUT2D eigenvalue weighted by Gasteiger charge is 2.30. The van der Waals surface area contributed by atoms with Crippen molar-refractivity contribution in [2.24, 2.45) is 0 Å². The number of alkyl halides is 3. The minimum absolute atomic E-state index is 0.375. The first-order valence-corrected chi connectivity index (χ1v) is 5.13. The second-order valence-corrected chi connectivity index (χ2v) is 3.99. The minimum atomic E-state index is -4.32. The number of aromatic nitrogens is 2. The second kappa shape index (κ2) is 3.93. The highest BCUT2D eigenvalue weighted by atomic mass is 79.9. The number of benzene rings is 1. The number of nitrogens with zero attached hydrogens (tertiary/aromatic N) is 2. The van der Waals surface area contributed by atoms with Gasteiger partial charge in [0, 0.05) is 16.9 Å². The Kier molecular flexibility index (Phi) is 2.75. The van der Waals surface area contributed by atoms with E-state index in [1.807, 2.05) is 0 Å². The standard InChI is InChI=1S/C10H6BrF3N2/c11-8-5-7(10(12,13)14)1-2-9(8)16-4-3-15-6-16/h1-6H. The Bertz CT molecular complexity index is 491. The molecule has 0 saturated heterocycles. The first-order valence-electron chi connectivity index (χ1n) is 4.33. The fraction of sp³-hybridized carbons (Fsp3) is 0.100. The lowest BCUT2D eigenvalue weighted by molar-refractivity contribution is -0.137. The predicted octanol–water partition coefficient (Wildman–Crippen LogP) is 3.65. The molecule has 0 spiro atoms. The first kappa shape index (κ1) is 11.2. The molecular weight excluding hydrogens is 285 g/mol. The van der Waals surface area contributed by atoms with Crippen molar-refractivity contribution < 1.29 is 13.2 Å². The number of hydrogen-bond acceptors (Lipinski definition) is 1. The summed E-state index contributed by atoms with van der Waals surface area (Å²) in [5, 5.41) is 0. The topological polar surface area (TPSA) is 17.8 Å². The second-order valence-electron chi connectivity index (χ2n) is 3.13. The van der Waals surface area contributed by atoms with Crippen LogP contribution in [-0.4, -0.2) is 9.55 Å².